The second kappa shape index (κ2) is 8.69. The molecule has 4 aromatic rings. The minimum Gasteiger partial charge on any atom is -0.416 e. The fraction of sp³-hybridized carbons (Fsp3) is 0.125. The molecule has 6 heteroatoms. The van der Waals surface area contributed by atoms with Crippen molar-refractivity contribution in [3.05, 3.63) is 95.3 Å². The summed E-state index contributed by atoms with van der Waals surface area (Å²) < 4.78 is 18.7. The maximum Gasteiger partial charge on any atom is 0.251 e. The minimum atomic E-state index is -0.268. The lowest BCUT2D eigenvalue weighted by Crippen LogP contribution is -2.25. The Bertz CT molecular complexity index is 1130. The van der Waals surface area contributed by atoms with Gasteiger partial charge in [-0.1, -0.05) is 29.8 Å². The summed E-state index contributed by atoms with van der Waals surface area (Å²) in [6, 6.07) is 21.1. The van der Waals surface area contributed by atoms with Crippen LogP contribution in [-0.4, -0.2) is 22.6 Å². The molecule has 3 aromatic carbocycles. The number of benzene rings is 3. The summed E-state index contributed by atoms with van der Waals surface area (Å²) in [7, 11) is 0. The Morgan fingerprint density at radius 3 is 2.03 bits per heavy atom. The normalized spacial score (nSPS) is 10.7. The molecule has 0 spiro atoms. The van der Waals surface area contributed by atoms with E-state index in [-0.39, 0.29) is 11.7 Å². The Labute approximate surface area is 173 Å². The van der Waals surface area contributed by atoms with Crippen LogP contribution < -0.4 is 5.32 Å². The highest BCUT2D eigenvalue weighted by atomic mass is 19.1. The van der Waals surface area contributed by atoms with Crippen molar-refractivity contribution in [2.75, 3.05) is 6.54 Å². The molecule has 0 atom stereocenters. The molecule has 5 nitrogen and oxygen atoms in total. The smallest absolute Gasteiger partial charge is 0.251 e. The molecule has 0 aliphatic rings. The van der Waals surface area contributed by atoms with E-state index in [0.717, 1.165) is 22.3 Å². The van der Waals surface area contributed by atoms with Gasteiger partial charge in [0.25, 0.3) is 5.91 Å². The number of nitrogens with one attached hydrogen (secondary N) is 1. The van der Waals surface area contributed by atoms with Gasteiger partial charge in [-0.2, -0.15) is 0 Å². The number of aromatic nitrogens is 2. The van der Waals surface area contributed by atoms with E-state index in [1.54, 1.807) is 36.4 Å². The predicted octanol–water partition coefficient (Wildman–Crippen LogP) is 4.82. The van der Waals surface area contributed by atoms with Crippen LogP contribution in [0.4, 0.5) is 4.39 Å². The number of carbonyl (C=O) groups is 1. The number of hydrogen-bond acceptors (Lipinski definition) is 4. The lowest BCUT2D eigenvalue weighted by atomic mass is 10.1. The predicted molar refractivity (Wildman–Crippen MR) is 112 cm³/mol. The van der Waals surface area contributed by atoms with Gasteiger partial charge in [0.05, 0.1) is 0 Å². The van der Waals surface area contributed by atoms with Gasteiger partial charge in [0.15, 0.2) is 0 Å². The number of hydrogen-bond donors (Lipinski definition) is 1. The van der Waals surface area contributed by atoms with Gasteiger partial charge in [0.1, 0.15) is 5.82 Å². The zero-order valence-electron chi connectivity index (χ0n) is 16.4. The first-order valence-corrected chi connectivity index (χ1v) is 9.62. The van der Waals surface area contributed by atoms with E-state index < -0.39 is 0 Å². The molecule has 1 N–H and O–H groups in total. The molecule has 0 saturated heterocycles. The Morgan fingerprint density at radius 2 is 1.43 bits per heavy atom. The molecule has 0 unspecified atom stereocenters. The zero-order chi connectivity index (χ0) is 20.9. The number of halogens is 1. The van der Waals surface area contributed by atoms with Crippen LogP contribution in [0.2, 0.25) is 0 Å². The second-order valence-electron chi connectivity index (χ2n) is 6.99. The molecule has 0 aliphatic heterocycles. The van der Waals surface area contributed by atoms with Crippen LogP contribution in [0.25, 0.3) is 22.9 Å². The summed E-state index contributed by atoms with van der Waals surface area (Å²) in [6.45, 7) is 2.49. The van der Waals surface area contributed by atoms with E-state index in [2.05, 4.69) is 15.5 Å². The maximum absolute atomic E-state index is 12.9. The quantitative estimate of drug-likeness (QED) is 0.503. The summed E-state index contributed by atoms with van der Waals surface area (Å²) in [5.41, 5.74) is 4.26. The van der Waals surface area contributed by atoms with E-state index >= 15 is 0 Å². The highest BCUT2D eigenvalue weighted by Crippen LogP contribution is 2.24. The minimum absolute atomic E-state index is 0.172. The molecule has 1 aromatic heterocycles. The van der Waals surface area contributed by atoms with Crippen molar-refractivity contribution >= 4 is 5.91 Å². The number of amides is 1. The molecule has 1 heterocycles. The molecule has 4 rings (SSSR count). The summed E-state index contributed by atoms with van der Waals surface area (Å²) in [5, 5.41) is 11.1. The highest BCUT2D eigenvalue weighted by molar-refractivity contribution is 5.94. The molecule has 1 amide bonds. The van der Waals surface area contributed by atoms with Crippen LogP contribution in [-0.2, 0) is 6.42 Å². The Morgan fingerprint density at radius 1 is 0.867 bits per heavy atom. The molecule has 0 bridgehead atoms. The highest BCUT2D eigenvalue weighted by Gasteiger charge is 2.12. The van der Waals surface area contributed by atoms with Crippen molar-refractivity contribution in [1.82, 2.24) is 15.5 Å². The van der Waals surface area contributed by atoms with Crippen LogP contribution >= 0.6 is 0 Å². The lowest BCUT2D eigenvalue weighted by Gasteiger charge is -2.06. The van der Waals surface area contributed by atoms with Crippen molar-refractivity contribution in [2.24, 2.45) is 0 Å². The third-order valence-corrected chi connectivity index (χ3v) is 4.73. The molecule has 0 radical (unpaired) electrons. The molecular formula is C24H20FN3O2. The van der Waals surface area contributed by atoms with Crippen LogP contribution in [0.5, 0.6) is 0 Å². The average molecular weight is 401 g/mol. The monoisotopic (exact) mass is 401 g/mol. The van der Waals surface area contributed by atoms with E-state index in [9.17, 15) is 9.18 Å². The Hall–Kier alpha value is -3.80. The van der Waals surface area contributed by atoms with Crippen LogP contribution in [0, 0.1) is 12.7 Å². The molecular weight excluding hydrogens is 381 g/mol. The molecule has 30 heavy (non-hydrogen) atoms. The standard InChI is InChI=1S/C24H20FN3O2/c1-16-2-6-19(7-3-16)23-27-28-24(30-23)20-10-8-18(9-11-20)22(29)26-15-14-17-4-12-21(25)13-5-17/h2-13H,14-15H2,1H3,(H,26,29). The first-order valence-electron chi connectivity index (χ1n) is 9.62. The van der Waals surface area contributed by atoms with E-state index in [1.165, 1.54) is 12.1 Å². The summed E-state index contributed by atoms with van der Waals surface area (Å²) in [6.07, 6.45) is 0.633. The van der Waals surface area contributed by atoms with Gasteiger partial charge >= 0.3 is 0 Å². The third-order valence-electron chi connectivity index (χ3n) is 4.73. The Balaban J connectivity index is 1.37. The van der Waals surface area contributed by atoms with E-state index in [1.807, 2.05) is 31.2 Å². The van der Waals surface area contributed by atoms with Crippen LogP contribution in [0.1, 0.15) is 21.5 Å². The first-order chi connectivity index (χ1) is 14.6. The molecule has 0 fully saturated rings. The fourth-order valence-electron chi connectivity index (χ4n) is 2.99. The summed E-state index contributed by atoms with van der Waals surface area (Å²) in [5.74, 6) is 0.408. The lowest BCUT2D eigenvalue weighted by molar-refractivity contribution is 0.0954. The molecule has 150 valence electrons. The van der Waals surface area contributed by atoms with Gasteiger partial charge in [-0.15, -0.1) is 10.2 Å². The van der Waals surface area contributed by atoms with Crippen molar-refractivity contribution in [2.45, 2.75) is 13.3 Å². The van der Waals surface area contributed by atoms with Gasteiger partial charge < -0.3 is 9.73 Å². The maximum atomic E-state index is 12.9. The molecule has 0 aliphatic carbocycles. The van der Waals surface area contributed by atoms with Crippen molar-refractivity contribution in [1.29, 1.82) is 0 Å². The number of rotatable bonds is 6. The first kappa shape index (κ1) is 19.5. The largest absolute Gasteiger partial charge is 0.416 e. The van der Waals surface area contributed by atoms with Crippen molar-refractivity contribution < 1.29 is 13.6 Å². The van der Waals surface area contributed by atoms with Gasteiger partial charge in [-0.25, -0.2) is 4.39 Å². The van der Waals surface area contributed by atoms with E-state index in [0.29, 0.717) is 30.3 Å². The van der Waals surface area contributed by atoms with Gasteiger partial charge in [0, 0.05) is 23.2 Å². The topological polar surface area (TPSA) is 68.0 Å². The van der Waals surface area contributed by atoms with Gasteiger partial charge in [0.2, 0.25) is 11.8 Å². The van der Waals surface area contributed by atoms with Gasteiger partial charge in [-0.3, -0.25) is 4.79 Å². The summed E-state index contributed by atoms with van der Waals surface area (Å²) in [4.78, 5) is 12.3. The number of carbonyl (C=O) groups excluding carboxylic acids is 1. The summed E-state index contributed by atoms with van der Waals surface area (Å²) >= 11 is 0. The fourth-order valence-corrected chi connectivity index (χ4v) is 2.99. The van der Waals surface area contributed by atoms with Crippen LogP contribution in [0.3, 0.4) is 0 Å². The van der Waals surface area contributed by atoms with Crippen molar-refractivity contribution in [3.8, 4) is 22.9 Å². The number of aryl methyl sites for hydroxylation is 1. The zero-order valence-corrected chi connectivity index (χ0v) is 16.4. The van der Waals surface area contributed by atoms with Crippen LogP contribution in [0.15, 0.2) is 77.2 Å². The van der Waals surface area contributed by atoms with Gasteiger partial charge in [-0.05, 0) is 67.4 Å². The number of nitrogens with zero attached hydrogens (tertiary/aromatic N) is 2. The van der Waals surface area contributed by atoms with Crippen molar-refractivity contribution in [3.63, 3.8) is 0 Å². The average Bonchev–Trinajstić information content (AvgIpc) is 3.26. The Kier molecular flexibility index (Phi) is 5.66. The second-order valence-corrected chi connectivity index (χ2v) is 6.99. The third kappa shape index (κ3) is 4.60. The van der Waals surface area contributed by atoms with E-state index in [4.69, 9.17) is 4.42 Å². The molecule has 0 saturated carbocycles. The SMILES string of the molecule is Cc1ccc(-c2nnc(-c3ccc(C(=O)NCCc4ccc(F)cc4)cc3)o2)cc1.